The molecule has 0 bridgehead atoms. The number of amides is 1. The Hall–Kier alpha value is -3.82. The minimum absolute atomic E-state index is 0.0238. The summed E-state index contributed by atoms with van der Waals surface area (Å²) in [5.74, 6) is -2.18. The lowest BCUT2D eigenvalue weighted by molar-refractivity contribution is -0.140. The lowest BCUT2D eigenvalue weighted by Crippen LogP contribution is -2.42. The molecule has 8 nitrogen and oxygen atoms in total. The van der Waals surface area contributed by atoms with E-state index in [0.717, 1.165) is 18.8 Å². The predicted octanol–water partition coefficient (Wildman–Crippen LogP) is 3.07. The van der Waals surface area contributed by atoms with E-state index in [9.17, 15) is 19.1 Å². The van der Waals surface area contributed by atoms with Crippen LogP contribution in [-0.2, 0) is 14.3 Å². The van der Waals surface area contributed by atoms with Crippen molar-refractivity contribution in [2.45, 2.75) is 13.0 Å². The van der Waals surface area contributed by atoms with Crippen LogP contribution in [0.15, 0.2) is 66.4 Å². The highest BCUT2D eigenvalue weighted by Crippen LogP contribution is 2.40. The third-order valence-electron chi connectivity index (χ3n) is 6.75. The Morgan fingerprint density at radius 1 is 1.06 bits per heavy atom. The highest BCUT2D eigenvalue weighted by Gasteiger charge is 2.46. The molecule has 9 heteroatoms. The number of aliphatic hydroxyl groups is 1. The number of aromatic nitrogens is 2. The average molecular weight is 491 g/mol. The molecular formula is C27H27FN4O4. The van der Waals surface area contributed by atoms with Gasteiger partial charge in [0.15, 0.2) is 0 Å². The van der Waals surface area contributed by atoms with Crippen LogP contribution in [0.1, 0.15) is 22.9 Å². The molecule has 0 aliphatic carbocycles. The zero-order chi connectivity index (χ0) is 25.2. The maximum absolute atomic E-state index is 13.7. The van der Waals surface area contributed by atoms with E-state index in [1.165, 1.54) is 23.2 Å². The lowest BCUT2D eigenvalue weighted by atomic mass is 9.95. The largest absolute Gasteiger partial charge is 0.507 e. The third kappa shape index (κ3) is 4.43. The van der Waals surface area contributed by atoms with Crippen molar-refractivity contribution in [2.75, 3.05) is 39.4 Å². The minimum atomic E-state index is -0.842. The summed E-state index contributed by atoms with van der Waals surface area (Å²) in [4.78, 5) is 30.1. The number of carbonyl (C=O) groups excluding carboxylic acids is 2. The van der Waals surface area contributed by atoms with Gasteiger partial charge in [-0.1, -0.05) is 30.3 Å². The molecule has 2 fully saturated rings. The number of aliphatic hydroxyl groups excluding tert-OH is 1. The second-order valence-electron chi connectivity index (χ2n) is 8.89. The second kappa shape index (κ2) is 10.0. The Kier molecular flexibility index (Phi) is 6.67. The normalized spacial score (nSPS) is 20.3. The van der Waals surface area contributed by atoms with Crippen molar-refractivity contribution < 1.29 is 23.8 Å². The van der Waals surface area contributed by atoms with E-state index in [-0.39, 0.29) is 17.9 Å². The molecule has 1 unspecified atom stereocenters. The molecular weight excluding hydrogens is 463 g/mol. The number of ether oxygens (including phenoxy) is 1. The van der Waals surface area contributed by atoms with Gasteiger partial charge in [-0.25, -0.2) is 9.07 Å². The summed E-state index contributed by atoms with van der Waals surface area (Å²) in [6.07, 6.45) is 1.49. The molecule has 0 spiro atoms. The Morgan fingerprint density at radius 2 is 1.75 bits per heavy atom. The SMILES string of the molecule is Cc1c(/C(O)=C2/C(=O)C(=O)N(CCN3CCOCC3)C2c2ccc(F)cc2)cnn1-c1ccccc1. The van der Waals surface area contributed by atoms with Crippen molar-refractivity contribution in [1.29, 1.82) is 0 Å². The Labute approximate surface area is 208 Å². The van der Waals surface area contributed by atoms with Gasteiger partial charge in [0.25, 0.3) is 11.7 Å². The third-order valence-corrected chi connectivity index (χ3v) is 6.75. The number of ketones is 1. The molecule has 0 radical (unpaired) electrons. The number of likely N-dealkylation sites (tertiary alicyclic amines) is 1. The quantitative estimate of drug-likeness (QED) is 0.325. The number of benzene rings is 2. The highest BCUT2D eigenvalue weighted by molar-refractivity contribution is 6.46. The number of Topliss-reactive ketones (excluding diaryl/α,β-unsaturated/α-hetero) is 1. The summed E-state index contributed by atoms with van der Waals surface area (Å²) >= 11 is 0. The van der Waals surface area contributed by atoms with Crippen LogP contribution in [0.25, 0.3) is 11.4 Å². The molecule has 2 aliphatic heterocycles. The Morgan fingerprint density at radius 3 is 2.44 bits per heavy atom. The van der Waals surface area contributed by atoms with Crippen LogP contribution >= 0.6 is 0 Å². The van der Waals surface area contributed by atoms with Crippen LogP contribution in [0.4, 0.5) is 4.39 Å². The monoisotopic (exact) mass is 490 g/mol. The Balaban J connectivity index is 1.55. The maximum atomic E-state index is 13.7. The molecule has 5 rings (SSSR count). The number of rotatable bonds is 6. The maximum Gasteiger partial charge on any atom is 0.295 e. The number of carbonyl (C=O) groups is 2. The van der Waals surface area contributed by atoms with Gasteiger partial charge in [0.2, 0.25) is 0 Å². The smallest absolute Gasteiger partial charge is 0.295 e. The lowest BCUT2D eigenvalue weighted by Gasteiger charge is -2.31. The molecule has 3 heterocycles. The van der Waals surface area contributed by atoms with Crippen molar-refractivity contribution >= 4 is 17.4 Å². The van der Waals surface area contributed by atoms with E-state index >= 15 is 0 Å². The van der Waals surface area contributed by atoms with Gasteiger partial charge in [-0.05, 0) is 36.8 Å². The van der Waals surface area contributed by atoms with Gasteiger partial charge >= 0.3 is 0 Å². The molecule has 1 atom stereocenters. The summed E-state index contributed by atoms with van der Waals surface area (Å²) in [7, 11) is 0. The number of para-hydroxylation sites is 1. The van der Waals surface area contributed by atoms with E-state index in [4.69, 9.17) is 4.74 Å². The van der Waals surface area contributed by atoms with Crippen molar-refractivity contribution in [2.24, 2.45) is 0 Å². The first-order valence-corrected chi connectivity index (χ1v) is 11.9. The molecule has 2 saturated heterocycles. The van der Waals surface area contributed by atoms with Gasteiger partial charge in [-0.15, -0.1) is 0 Å². The van der Waals surface area contributed by atoms with Crippen LogP contribution < -0.4 is 0 Å². The van der Waals surface area contributed by atoms with Crippen LogP contribution in [0.5, 0.6) is 0 Å². The fraction of sp³-hybridized carbons (Fsp3) is 0.296. The molecule has 2 aromatic carbocycles. The Bertz CT molecular complexity index is 1300. The van der Waals surface area contributed by atoms with Crippen molar-refractivity contribution in [1.82, 2.24) is 19.6 Å². The van der Waals surface area contributed by atoms with Crippen LogP contribution in [0.2, 0.25) is 0 Å². The molecule has 186 valence electrons. The molecule has 1 N–H and O–H groups in total. The molecule has 1 aromatic heterocycles. The summed E-state index contributed by atoms with van der Waals surface area (Å²) in [5.41, 5.74) is 2.31. The second-order valence-corrected chi connectivity index (χ2v) is 8.89. The molecule has 36 heavy (non-hydrogen) atoms. The van der Waals surface area contributed by atoms with Gasteiger partial charge in [-0.2, -0.15) is 5.10 Å². The number of hydrogen-bond acceptors (Lipinski definition) is 6. The van der Waals surface area contributed by atoms with E-state index < -0.39 is 23.5 Å². The van der Waals surface area contributed by atoms with E-state index in [1.54, 1.807) is 23.7 Å². The van der Waals surface area contributed by atoms with Crippen molar-refractivity contribution in [3.8, 4) is 5.69 Å². The topological polar surface area (TPSA) is 87.9 Å². The van der Waals surface area contributed by atoms with Gasteiger partial charge in [0.1, 0.15) is 11.6 Å². The fourth-order valence-corrected chi connectivity index (χ4v) is 4.79. The number of halogens is 1. The number of hydrogen-bond donors (Lipinski definition) is 1. The number of morpholine rings is 1. The van der Waals surface area contributed by atoms with Gasteiger partial charge in [-0.3, -0.25) is 14.5 Å². The first-order chi connectivity index (χ1) is 17.5. The zero-order valence-electron chi connectivity index (χ0n) is 19.9. The average Bonchev–Trinajstić information content (AvgIpc) is 3.41. The summed E-state index contributed by atoms with van der Waals surface area (Å²) in [6, 6.07) is 14.2. The predicted molar refractivity (Wildman–Crippen MR) is 131 cm³/mol. The molecule has 0 saturated carbocycles. The minimum Gasteiger partial charge on any atom is -0.507 e. The van der Waals surface area contributed by atoms with Crippen LogP contribution in [0, 0.1) is 12.7 Å². The van der Waals surface area contributed by atoms with Gasteiger partial charge in [0.05, 0.1) is 48.0 Å². The standard InChI is InChI=1S/C27H27FN4O4/c1-18-22(17-29-32(18)21-5-3-2-4-6-21)25(33)23-24(19-7-9-20(28)10-8-19)31(27(35)26(23)34)12-11-30-13-15-36-16-14-30/h2-10,17,24,33H,11-16H2,1H3/b25-23-. The summed E-state index contributed by atoms with van der Waals surface area (Å²) in [5, 5.41) is 15.8. The molecule has 1 amide bonds. The van der Waals surface area contributed by atoms with E-state index in [2.05, 4.69) is 10.00 Å². The summed E-state index contributed by atoms with van der Waals surface area (Å²) < 4.78 is 20.8. The fourth-order valence-electron chi connectivity index (χ4n) is 4.79. The van der Waals surface area contributed by atoms with Crippen molar-refractivity contribution in [3.05, 3.63) is 89.0 Å². The van der Waals surface area contributed by atoms with Gasteiger partial charge < -0.3 is 14.7 Å². The zero-order valence-corrected chi connectivity index (χ0v) is 19.9. The van der Waals surface area contributed by atoms with Gasteiger partial charge in [0, 0.05) is 26.2 Å². The molecule has 2 aliphatic rings. The van der Waals surface area contributed by atoms with Crippen LogP contribution in [0.3, 0.4) is 0 Å². The van der Waals surface area contributed by atoms with E-state index in [1.807, 2.05) is 30.3 Å². The first-order valence-electron chi connectivity index (χ1n) is 11.9. The van der Waals surface area contributed by atoms with Crippen molar-refractivity contribution in [3.63, 3.8) is 0 Å². The molecule has 3 aromatic rings. The summed E-state index contributed by atoms with van der Waals surface area (Å²) in [6.45, 7) is 5.34. The first kappa shape index (κ1) is 23.9. The van der Waals surface area contributed by atoms with E-state index in [0.29, 0.717) is 36.6 Å². The van der Waals surface area contributed by atoms with Crippen LogP contribution in [-0.4, -0.2) is 75.8 Å². The number of nitrogens with zero attached hydrogens (tertiary/aromatic N) is 4. The highest BCUT2D eigenvalue weighted by atomic mass is 19.1.